The molecule has 0 spiro atoms. The van der Waals surface area contributed by atoms with Gasteiger partial charge >= 0.3 is 12.1 Å². The first-order chi connectivity index (χ1) is 15.3. The van der Waals surface area contributed by atoms with Crippen molar-refractivity contribution in [1.82, 2.24) is 15.5 Å². The number of hydrogen-bond acceptors (Lipinski definition) is 6. The number of esters is 1. The average molecular weight is 462 g/mol. The van der Waals surface area contributed by atoms with E-state index in [2.05, 4.69) is 21.9 Å². The summed E-state index contributed by atoms with van der Waals surface area (Å²) in [6, 6.07) is 3.47. The molecule has 9 heteroatoms. The number of methoxy groups -OCH3 is 1. The van der Waals surface area contributed by atoms with E-state index in [1.165, 1.54) is 25.0 Å². The summed E-state index contributed by atoms with van der Waals surface area (Å²) in [6.45, 7) is 13.7. The maximum Gasteiger partial charge on any atom is 0.408 e. The fourth-order valence-corrected chi connectivity index (χ4v) is 3.27. The zero-order valence-corrected chi connectivity index (χ0v) is 20.5. The van der Waals surface area contributed by atoms with Gasteiger partial charge in [0.2, 0.25) is 11.8 Å². The van der Waals surface area contributed by atoms with Crippen LogP contribution in [0.1, 0.15) is 50.4 Å². The van der Waals surface area contributed by atoms with Crippen LogP contribution in [0.15, 0.2) is 30.9 Å². The quantitative estimate of drug-likeness (QED) is 0.432. The van der Waals surface area contributed by atoms with E-state index in [4.69, 9.17) is 4.74 Å². The minimum absolute atomic E-state index is 0.0310. The largest absolute Gasteiger partial charge is 0.468 e. The zero-order chi connectivity index (χ0) is 25.3. The van der Waals surface area contributed by atoms with Crippen molar-refractivity contribution >= 4 is 23.9 Å². The Kier molecular flexibility index (Phi) is 10.1. The third-order valence-corrected chi connectivity index (χ3v) is 4.72. The van der Waals surface area contributed by atoms with E-state index in [0.717, 1.165) is 11.1 Å². The lowest BCUT2D eigenvalue weighted by atomic mass is 9.93. The fourth-order valence-electron chi connectivity index (χ4n) is 3.27. The summed E-state index contributed by atoms with van der Waals surface area (Å²) in [5.41, 5.74) is 1.48. The van der Waals surface area contributed by atoms with Crippen LogP contribution in [0.2, 0.25) is 0 Å². The molecule has 0 heterocycles. The molecule has 1 aromatic carbocycles. The highest BCUT2D eigenvalue weighted by atomic mass is 16.6. The van der Waals surface area contributed by atoms with Gasteiger partial charge in [-0.1, -0.05) is 24.3 Å². The summed E-state index contributed by atoms with van der Waals surface area (Å²) in [5, 5.41) is 5.05. The first kappa shape index (κ1) is 27.7. The number of nitrogens with zero attached hydrogens (tertiary/aromatic N) is 1. The molecule has 0 aliphatic rings. The number of aryl methyl sites for hydroxylation is 2. The number of benzene rings is 1. The molecule has 9 nitrogen and oxygen atoms in total. The Bertz CT molecular complexity index is 870. The van der Waals surface area contributed by atoms with Crippen molar-refractivity contribution in [2.75, 3.05) is 20.2 Å². The second-order valence-corrected chi connectivity index (χ2v) is 8.65. The zero-order valence-electron chi connectivity index (χ0n) is 20.5. The maximum absolute atomic E-state index is 13.4. The number of nitrogens with one attached hydrogen (secondary N) is 2. The van der Waals surface area contributed by atoms with Gasteiger partial charge in [-0.25, -0.2) is 4.79 Å². The molecule has 0 fully saturated rings. The number of rotatable bonds is 9. The summed E-state index contributed by atoms with van der Waals surface area (Å²) in [4.78, 5) is 51.8. The van der Waals surface area contributed by atoms with E-state index < -0.39 is 41.6 Å². The third-order valence-electron chi connectivity index (χ3n) is 4.72. The molecule has 182 valence electrons. The highest BCUT2D eigenvalue weighted by Gasteiger charge is 2.35. The lowest BCUT2D eigenvalue weighted by Crippen LogP contribution is -2.52. The van der Waals surface area contributed by atoms with Gasteiger partial charge in [-0.2, -0.15) is 0 Å². The third kappa shape index (κ3) is 8.25. The van der Waals surface area contributed by atoms with Crippen LogP contribution in [0, 0.1) is 13.8 Å². The van der Waals surface area contributed by atoms with Crippen molar-refractivity contribution in [3.8, 4) is 0 Å². The predicted octanol–water partition coefficient (Wildman–Crippen LogP) is 2.56. The Hall–Kier alpha value is -3.36. The molecule has 2 N–H and O–H groups in total. The summed E-state index contributed by atoms with van der Waals surface area (Å²) in [5.74, 6) is -1.69. The SMILES string of the molecule is C=CCN(C(=O)C(C)NC(=O)OC(C)(C)C)C(C(=O)NCC(=O)OC)c1c(C)cccc1C. The molecule has 0 bridgehead atoms. The molecular weight excluding hydrogens is 426 g/mol. The second kappa shape index (κ2) is 12.0. The summed E-state index contributed by atoms with van der Waals surface area (Å²) >= 11 is 0. The molecule has 0 aromatic heterocycles. The molecule has 0 aliphatic carbocycles. The first-order valence-electron chi connectivity index (χ1n) is 10.6. The van der Waals surface area contributed by atoms with Crippen molar-refractivity contribution in [2.45, 2.75) is 59.2 Å². The first-order valence-corrected chi connectivity index (χ1v) is 10.6. The Labute approximate surface area is 195 Å². The van der Waals surface area contributed by atoms with Crippen molar-refractivity contribution in [3.05, 3.63) is 47.5 Å². The molecule has 33 heavy (non-hydrogen) atoms. The van der Waals surface area contributed by atoms with E-state index in [0.29, 0.717) is 5.56 Å². The summed E-state index contributed by atoms with van der Waals surface area (Å²) in [6.07, 6.45) is 0.743. The summed E-state index contributed by atoms with van der Waals surface area (Å²) in [7, 11) is 1.22. The standard InChI is InChI=1S/C24H35N3O6/c1-9-13-27(22(30)17(4)26-23(31)33-24(5,6)7)20(21(29)25-14-18(28)32-8)19-15(2)11-10-12-16(19)3/h9-12,17,20H,1,13-14H2,2-8H3,(H,25,29)(H,26,31). The molecule has 3 amide bonds. The van der Waals surface area contributed by atoms with Crippen LogP contribution >= 0.6 is 0 Å². The molecule has 0 saturated carbocycles. The van der Waals surface area contributed by atoms with Crippen LogP contribution in [0.4, 0.5) is 4.79 Å². The number of alkyl carbamates (subject to hydrolysis) is 1. The van der Waals surface area contributed by atoms with Gasteiger partial charge in [0.25, 0.3) is 0 Å². The number of amides is 3. The van der Waals surface area contributed by atoms with Gasteiger partial charge in [0.1, 0.15) is 24.2 Å². The smallest absolute Gasteiger partial charge is 0.408 e. The molecule has 2 unspecified atom stereocenters. The van der Waals surface area contributed by atoms with Crippen LogP contribution < -0.4 is 10.6 Å². The molecular formula is C24H35N3O6. The van der Waals surface area contributed by atoms with Crippen molar-refractivity contribution in [1.29, 1.82) is 0 Å². The average Bonchev–Trinajstić information content (AvgIpc) is 2.71. The minimum Gasteiger partial charge on any atom is -0.468 e. The molecule has 0 radical (unpaired) electrons. The lowest BCUT2D eigenvalue weighted by molar-refractivity contribution is -0.144. The van der Waals surface area contributed by atoms with E-state index in [-0.39, 0.29) is 13.1 Å². The van der Waals surface area contributed by atoms with Crippen LogP contribution in [-0.4, -0.2) is 60.6 Å². The molecule has 1 rings (SSSR count). The normalized spacial score (nSPS) is 12.7. The van der Waals surface area contributed by atoms with Crippen molar-refractivity contribution in [3.63, 3.8) is 0 Å². The van der Waals surface area contributed by atoms with Gasteiger partial charge in [0, 0.05) is 6.54 Å². The monoisotopic (exact) mass is 461 g/mol. The van der Waals surface area contributed by atoms with Gasteiger partial charge in [0.05, 0.1) is 7.11 Å². The topological polar surface area (TPSA) is 114 Å². The number of carbonyl (C=O) groups is 4. The highest BCUT2D eigenvalue weighted by molar-refractivity contribution is 5.93. The van der Waals surface area contributed by atoms with Crippen molar-refractivity contribution < 1.29 is 28.7 Å². The van der Waals surface area contributed by atoms with E-state index >= 15 is 0 Å². The fraction of sp³-hybridized carbons (Fsp3) is 0.500. The Morgan fingerprint density at radius 1 is 1.15 bits per heavy atom. The number of hydrogen-bond donors (Lipinski definition) is 2. The minimum atomic E-state index is -1.07. The van der Waals surface area contributed by atoms with Crippen LogP contribution in [-0.2, 0) is 23.9 Å². The Morgan fingerprint density at radius 2 is 1.73 bits per heavy atom. The van der Waals surface area contributed by atoms with Gasteiger partial charge in [-0.3, -0.25) is 14.4 Å². The van der Waals surface area contributed by atoms with Crippen LogP contribution in [0.3, 0.4) is 0 Å². The van der Waals surface area contributed by atoms with Gasteiger partial charge in [-0.15, -0.1) is 6.58 Å². The van der Waals surface area contributed by atoms with E-state index in [1.807, 2.05) is 32.0 Å². The summed E-state index contributed by atoms with van der Waals surface area (Å²) < 4.78 is 9.83. The molecule has 0 aliphatic heterocycles. The van der Waals surface area contributed by atoms with E-state index in [9.17, 15) is 19.2 Å². The van der Waals surface area contributed by atoms with Gasteiger partial charge < -0.3 is 25.0 Å². The van der Waals surface area contributed by atoms with Gasteiger partial charge in [0.15, 0.2) is 0 Å². The van der Waals surface area contributed by atoms with Crippen molar-refractivity contribution in [2.24, 2.45) is 0 Å². The van der Waals surface area contributed by atoms with Crippen LogP contribution in [0.25, 0.3) is 0 Å². The predicted molar refractivity (Wildman–Crippen MR) is 124 cm³/mol. The Balaban J connectivity index is 3.35. The maximum atomic E-state index is 13.4. The van der Waals surface area contributed by atoms with Gasteiger partial charge in [-0.05, 0) is 58.2 Å². The highest BCUT2D eigenvalue weighted by Crippen LogP contribution is 2.28. The molecule has 0 saturated heterocycles. The molecule has 1 aromatic rings. The molecule has 2 atom stereocenters. The number of ether oxygens (including phenoxy) is 2. The number of carbonyl (C=O) groups excluding carboxylic acids is 4. The lowest BCUT2D eigenvalue weighted by Gasteiger charge is -2.34. The Morgan fingerprint density at radius 3 is 2.21 bits per heavy atom. The van der Waals surface area contributed by atoms with E-state index in [1.54, 1.807) is 20.8 Å². The second-order valence-electron chi connectivity index (χ2n) is 8.65. The van der Waals surface area contributed by atoms with Crippen LogP contribution in [0.5, 0.6) is 0 Å².